The van der Waals surface area contributed by atoms with Crippen molar-refractivity contribution in [2.75, 3.05) is 12.3 Å². The van der Waals surface area contributed by atoms with Crippen molar-refractivity contribution in [2.24, 2.45) is 0 Å². The molecule has 0 bridgehead atoms. The van der Waals surface area contributed by atoms with Gasteiger partial charge in [0.25, 0.3) is 5.91 Å². The van der Waals surface area contributed by atoms with Crippen LogP contribution in [0.25, 0.3) is 10.9 Å². The molecular weight excluding hydrogens is 308 g/mol. The molecule has 2 aromatic heterocycles. The van der Waals surface area contributed by atoms with E-state index in [4.69, 9.17) is 12.2 Å². The number of H-pyrrole nitrogens is 1. The zero-order valence-corrected chi connectivity index (χ0v) is 13.1. The number of anilines is 1. The summed E-state index contributed by atoms with van der Waals surface area (Å²) in [5.74, 6) is 2.63. The van der Waals surface area contributed by atoms with Crippen LogP contribution in [0.2, 0.25) is 0 Å². The first kappa shape index (κ1) is 13.9. The number of thiazole rings is 1. The number of nitrogens with zero attached hydrogens (tertiary/aromatic N) is 2. The minimum atomic E-state index is -0.0261. The lowest BCUT2D eigenvalue weighted by Gasteiger charge is -2.25. The van der Waals surface area contributed by atoms with E-state index in [9.17, 15) is 4.79 Å². The number of amides is 1. The molecular formula is C17H14N4OS. The molecule has 114 valence electrons. The van der Waals surface area contributed by atoms with Crippen LogP contribution in [-0.4, -0.2) is 27.3 Å². The Balaban J connectivity index is 1.66. The minimum absolute atomic E-state index is 0.0261. The molecule has 6 heteroatoms. The average molecular weight is 322 g/mol. The molecule has 0 saturated carbocycles. The summed E-state index contributed by atoms with van der Waals surface area (Å²) in [6.07, 6.45) is 6.26. The number of carbonyl (C=O) groups excluding carboxylic acids is 1. The molecule has 0 fully saturated rings. The van der Waals surface area contributed by atoms with Crippen LogP contribution in [0, 0.1) is 12.3 Å². The van der Waals surface area contributed by atoms with E-state index < -0.39 is 0 Å². The highest BCUT2D eigenvalue weighted by molar-refractivity contribution is 7.15. The summed E-state index contributed by atoms with van der Waals surface area (Å²) in [5.41, 5.74) is 8.99. The summed E-state index contributed by atoms with van der Waals surface area (Å²) < 4.78 is 0. The number of terminal acetylenes is 1. The number of hydrogen-bond donors (Lipinski definition) is 2. The molecule has 4 rings (SSSR count). The van der Waals surface area contributed by atoms with Crippen molar-refractivity contribution in [3.8, 4) is 12.3 Å². The van der Waals surface area contributed by atoms with Gasteiger partial charge in [-0.05, 0) is 18.2 Å². The highest BCUT2D eigenvalue weighted by atomic mass is 32.1. The second kappa shape index (κ2) is 5.14. The first-order valence-corrected chi connectivity index (χ1v) is 8.09. The number of aromatic amines is 1. The number of hydrogen-bond acceptors (Lipinski definition) is 4. The summed E-state index contributed by atoms with van der Waals surface area (Å²) in [6.45, 7) is 1.20. The molecule has 1 aromatic carbocycles. The van der Waals surface area contributed by atoms with E-state index in [0.717, 1.165) is 33.5 Å². The Morgan fingerprint density at radius 2 is 2.35 bits per heavy atom. The van der Waals surface area contributed by atoms with Crippen LogP contribution >= 0.6 is 11.3 Å². The molecule has 1 aliphatic rings. The molecule has 0 unspecified atom stereocenters. The quantitative estimate of drug-likeness (QED) is 0.676. The van der Waals surface area contributed by atoms with E-state index in [1.807, 2.05) is 29.2 Å². The highest BCUT2D eigenvalue weighted by Crippen LogP contribution is 2.28. The maximum atomic E-state index is 12.8. The Labute approximate surface area is 137 Å². The third-order valence-electron chi connectivity index (χ3n) is 4.09. The molecule has 0 aliphatic carbocycles. The standard InChI is InChI=1S/C17H14N4OS/c1-2-10-4-3-5-12-11(10)8-14(19-12)16(22)21-7-6-13-15(9-21)23-17(18)20-13/h1,3-5,8,19H,6-7,9H2,(H2,18,20). The number of benzene rings is 1. The van der Waals surface area contributed by atoms with Gasteiger partial charge in [0, 0.05) is 34.3 Å². The zero-order chi connectivity index (χ0) is 16.0. The smallest absolute Gasteiger partial charge is 0.270 e. The third kappa shape index (κ3) is 2.26. The number of aromatic nitrogens is 2. The summed E-state index contributed by atoms with van der Waals surface area (Å²) >= 11 is 1.45. The lowest BCUT2D eigenvalue weighted by Crippen LogP contribution is -2.35. The Kier molecular flexibility index (Phi) is 3.10. The molecule has 1 aliphatic heterocycles. The SMILES string of the molecule is C#Cc1cccc2[nH]c(C(=O)N3CCc4nc(N)sc4C3)cc12. The van der Waals surface area contributed by atoms with Crippen LogP contribution < -0.4 is 5.73 Å². The topological polar surface area (TPSA) is 75.0 Å². The summed E-state index contributed by atoms with van der Waals surface area (Å²) in [4.78, 5) is 23.1. The Morgan fingerprint density at radius 3 is 3.17 bits per heavy atom. The third-order valence-corrected chi connectivity index (χ3v) is 5.00. The van der Waals surface area contributed by atoms with Gasteiger partial charge in [0.1, 0.15) is 5.69 Å². The summed E-state index contributed by atoms with van der Waals surface area (Å²) in [7, 11) is 0. The van der Waals surface area contributed by atoms with Crippen LogP contribution in [0.15, 0.2) is 24.3 Å². The highest BCUT2D eigenvalue weighted by Gasteiger charge is 2.25. The summed E-state index contributed by atoms with van der Waals surface area (Å²) in [6, 6.07) is 7.52. The molecule has 3 aromatic rings. The molecule has 5 nitrogen and oxygen atoms in total. The van der Waals surface area contributed by atoms with Gasteiger partial charge in [-0.2, -0.15) is 0 Å². The lowest BCUT2D eigenvalue weighted by molar-refractivity contribution is 0.0731. The van der Waals surface area contributed by atoms with E-state index in [1.165, 1.54) is 11.3 Å². The van der Waals surface area contributed by atoms with Gasteiger partial charge in [-0.1, -0.05) is 12.0 Å². The number of nitrogen functional groups attached to an aromatic ring is 1. The second-order valence-electron chi connectivity index (χ2n) is 5.49. The van der Waals surface area contributed by atoms with Crippen molar-refractivity contribution in [3.05, 3.63) is 46.1 Å². The predicted molar refractivity (Wildman–Crippen MR) is 91.2 cm³/mol. The lowest BCUT2D eigenvalue weighted by atomic mass is 10.1. The molecule has 0 spiro atoms. The molecule has 23 heavy (non-hydrogen) atoms. The monoisotopic (exact) mass is 322 g/mol. The van der Waals surface area contributed by atoms with E-state index in [0.29, 0.717) is 23.9 Å². The average Bonchev–Trinajstić information content (AvgIpc) is 3.15. The number of nitrogens with one attached hydrogen (secondary N) is 1. The molecule has 1 amide bonds. The second-order valence-corrected chi connectivity index (χ2v) is 6.61. The van der Waals surface area contributed by atoms with Crippen molar-refractivity contribution < 1.29 is 4.79 Å². The molecule has 3 heterocycles. The largest absolute Gasteiger partial charge is 0.375 e. The molecule has 0 atom stereocenters. The van der Waals surface area contributed by atoms with Crippen LogP contribution in [0.1, 0.15) is 26.6 Å². The van der Waals surface area contributed by atoms with Crippen molar-refractivity contribution in [3.63, 3.8) is 0 Å². The maximum Gasteiger partial charge on any atom is 0.270 e. The Morgan fingerprint density at radius 1 is 1.48 bits per heavy atom. The fraction of sp³-hybridized carbons (Fsp3) is 0.176. The van der Waals surface area contributed by atoms with Gasteiger partial charge in [-0.15, -0.1) is 17.8 Å². The van der Waals surface area contributed by atoms with E-state index in [1.54, 1.807) is 0 Å². The van der Waals surface area contributed by atoms with Gasteiger partial charge >= 0.3 is 0 Å². The fourth-order valence-corrected chi connectivity index (χ4v) is 3.85. The van der Waals surface area contributed by atoms with Crippen LogP contribution in [-0.2, 0) is 13.0 Å². The van der Waals surface area contributed by atoms with E-state index in [-0.39, 0.29) is 5.91 Å². The minimum Gasteiger partial charge on any atom is -0.375 e. The van der Waals surface area contributed by atoms with Gasteiger partial charge in [0.15, 0.2) is 5.13 Å². The van der Waals surface area contributed by atoms with Gasteiger partial charge in [0.2, 0.25) is 0 Å². The van der Waals surface area contributed by atoms with Gasteiger partial charge in [-0.3, -0.25) is 4.79 Å². The molecule has 0 saturated heterocycles. The normalized spacial score (nSPS) is 13.8. The number of carbonyl (C=O) groups is 1. The first-order valence-electron chi connectivity index (χ1n) is 7.27. The first-order chi connectivity index (χ1) is 11.2. The van der Waals surface area contributed by atoms with Gasteiger partial charge < -0.3 is 15.6 Å². The molecule has 3 N–H and O–H groups in total. The molecule has 0 radical (unpaired) electrons. The van der Waals surface area contributed by atoms with Gasteiger partial charge in [-0.25, -0.2) is 4.98 Å². The number of rotatable bonds is 1. The van der Waals surface area contributed by atoms with Crippen molar-refractivity contribution in [1.29, 1.82) is 0 Å². The Bertz CT molecular complexity index is 963. The van der Waals surface area contributed by atoms with E-state index in [2.05, 4.69) is 15.9 Å². The van der Waals surface area contributed by atoms with Crippen LogP contribution in [0.3, 0.4) is 0 Å². The Hall–Kier alpha value is -2.78. The van der Waals surface area contributed by atoms with Crippen LogP contribution in [0.4, 0.5) is 5.13 Å². The number of fused-ring (bicyclic) bond motifs is 2. The van der Waals surface area contributed by atoms with Crippen molar-refractivity contribution in [1.82, 2.24) is 14.9 Å². The van der Waals surface area contributed by atoms with Crippen LogP contribution in [0.5, 0.6) is 0 Å². The van der Waals surface area contributed by atoms with Crippen molar-refractivity contribution in [2.45, 2.75) is 13.0 Å². The van der Waals surface area contributed by atoms with Crippen molar-refractivity contribution >= 4 is 33.3 Å². The fourth-order valence-electron chi connectivity index (χ4n) is 2.96. The van der Waals surface area contributed by atoms with Gasteiger partial charge in [0.05, 0.1) is 12.2 Å². The van der Waals surface area contributed by atoms with E-state index >= 15 is 0 Å². The predicted octanol–water partition coefficient (Wildman–Crippen LogP) is 2.39. The summed E-state index contributed by atoms with van der Waals surface area (Å²) in [5, 5.41) is 1.46. The number of nitrogens with two attached hydrogens (primary N) is 1. The maximum absolute atomic E-state index is 12.8. The zero-order valence-electron chi connectivity index (χ0n) is 12.3.